The van der Waals surface area contributed by atoms with Gasteiger partial charge in [0, 0.05) is 17.2 Å². The van der Waals surface area contributed by atoms with Crippen molar-refractivity contribution in [3.8, 4) is 17.2 Å². The minimum Gasteiger partial charge on any atom is -0.487 e. The number of benzene rings is 2. The maximum absolute atomic E-state index is 12.6. The molecule has 1 heterocycles. The zero-order chi connectivity index (χ0) is 21.6. The molecule has 162 valence electrons. The third kappa shape index (κ3) is 5.54. The first-order valence-corrected chi connectivity index (χ1v) is 11.2. The summed E-state index contributed by atoms with van der Waals surface area (Å²) in [4.78, 5) is 17.2. The van der Waals surface area contributed by atoms with Crippen LogP contribution >= 0.6 is 0 Å². The zero-order valence-electron chi connectivity index (χ0n) is 18.3. The number of hydrogen-bond donors (Lipinski definition) is 1. The molecule has 1 fully saturated rings. The molecule has 0 bridgehead atoms. The van der Waals surface area contributed by atoms with E-state index in [2.05, 4.69) is 10.3 Å². The Balaban J connectivity index is 1.38. The van der Waals surface area contributed by atoms with Gasteiger partial charge in [-0.15, -0.1) is 0 Å². The van der Waals surface area contributed by atoms with Crippen molar-refractivity contribution < 1.29 is 13.9 Å². The fraction of sp³-hybridized carbons (Fsp3) is 0.385. The molecule has 3 aromatic rings. The number of nitrogens with zero attached hydrogens (tertiary/aromatic N) is 1. The topological polar surface area (TPSA) is 64.4 Å². The third-order valence-electron chi connectivity index (χ3n) is 5.87. The SMILES string of the molecule is Cc1ccc(OCc2nc(-c3ccc(C(=O)NC4CCCCCC4)cc3)oc2C)cc1. The first kappa shape index (κ1) is 21.2. The minimum atomic E-state index is -0.00535. The number of hydrogen-bond acceptors (Lipinski definition) is 4. The Bertz CT molecular complexity index is 998. The van der Waals surface area contributed by atoms with Crippen LogP contribution in [-0.4, -0.2) is 16.9 Å². The molecule has 31 heavy (non-hydrogen) atoms. The molecule has 1 aromatic heterocycles. The molecular formula is C26H30N2O3. The number of ether oxygens (including phenoxy) is 1. The van der Waals surface area contributed by atoms with Crippen LogP contribution in [0.5, 0.6) is 5.75 Å². The molecule has 2 aromatic carbocycles. The van der Waals surface area contributed by atoms with Gasteiger partial charge in [-0.2, -0.15) is 0 Å². The standard InChI is InChI=1S/C26H30N2O3/c1-18-9-15-23(16-10-18)30-17-24-19(2)31-26(28-24)21-13-11-20(12-14-21)25(29)27-22-7-5-3-4-6-8-22/h9-16,22H,3-8,17H2,1-2H3,(H,27,29). The van der Waals surface area contributed by atoms with Crippen LogP contribution in [-0.2, 0) is 6.61 Å². The molecule has 0 aliphatic heterocycles. The summed E-state index contributed by atoms with van der Waals surface area (Å²) in [7, 11) is 0. The number of aromatic nitrogens is 1. The second kappa shape index (κ2) is 9.82. The van der Waals surface area contributed by atoms with Crippen LogP contribution < -0.4 is 10.1 Å². The van der Waals surface area contributed by atoms with Gasteiger partial charge in [0.2, 0.25) is 5.89 Å². The van der Waals surface area contributed by atoms with Gasteiger partial charge in [-0.3, -0.25) is 4.79 Å². The number of oxazole rings is 1. The van der Waals surface area contributed by atoms with Gasteiger partial charge < -0.3 is 14.5 Å². The van der Waals surface area contributed by atoms with E-state index in [-0.39, 0.29) is 5.91 Å². The molecule has 1 amide bonds. The summed E-state index contributed by atoms with van der Waals surface area (Å²) in [6.07, 6.45) is 7.09. The number of carbonyl (C=O) groups is 1. The van der Waals surface area contributed by atoms with Crippen molar-refractivity contribution in [3.05, 3.63) is 71.1 Å². The molecule has 0 atom stereocenters. The zero-order valence-corrected chi connectivity index (χ0v) is 18.3. The van der Waals surface area contributed by atoms with Gasteiger partial charge in [-0.05, 0) is 63.1 Å². The molecule has 5 nitrogen and oxygen atoms in total. The summed E-state index contributed by atoms with van der Waals surface area (Å²) in [5, 5.41) is 3.19. The molecule has 0 radical (unpaired) electrons. The highest BCUT2D eigenvalue weighted by molar-refractivity contribution is 5.94. The molecule has 1 N–H and O–H groups in total. The Morgan fingerprint density at radius 3 is 2.35 bits per heavy atom. The maximum Gasteiger partial charge on any atom is 0.251 e. The highest BCUT2D eigenvalue weighted by atomic mass is 16.5. The number of amides is 1. The minimum absolute atomic E-state index is 0.00535. The van der Waals surface area contributed by atoms with E-state index in [1.807, 2.05) is 62.4 Å². The van der Waals surface area contributed by atoms with Gasteiger partial charge in [0.15, 0.2) is 0 Å². The first-order valence-electron chi connectivity index (χ1n) is 11.2. The van der Waals surface area contributed by atoms with Crippen molar-refractivity contribution in [2.75, 3.05) is 0 Å². The molecule has 0 saturated heterocycles. The fourth-order valence-corrected chi connectivity index (χ4v) is 3.93. The summed E-state index contributed by atoms with van der Waals surface area (Å²) in [5.74, 6) is 2.07. The third-order valence-corrected chi connectivity index (χ3v) is 5.87. The Morgan fingerprint density at radius 1 is 1.00 bits per heavy atom. The molecule has 1 saturated carbocycles. The predicted octanol–water partition coefficient (Wildman–Crippen LogP) is 5.99. The number of aryl methyl sites for hydroxylation is 2. The Morgan fingerprint density at radius 2 is 1.68 bits per heavy atom. The summed E-state index contributed by atoms with van der Waals surface area (Å²) in [6.45, 7) is 4.28. The first-order chi connectivity index (χ1) is 15.1. The lowest BCUT2D eigenvalue weighted by atomic mass is 10.1. The summed E-state index contributed by atoms with van der Waals surface area (Å²) < 4.78 is 11.7. The number of carbonyl (C=O) groups excluding carboxylic acids is 1. The molecule has 1 aliphatic carbocycles. The summed E-state index contributed by atoms with van der Waals surface area (Å²) in [5.41, 5.74) is 3.47. The van der Waals surface area contributed by atoms with Gasteiger partial charge in [0.1, 0.15) is 23.8 Å². The van der Waals surface area contributed by atoms with Crippen LogP contribution in [0.2, 0.25) is 0 Å². The van der Waals surface area contributed by atoms with Gasteiger partial charge in [0.25, 0.3) is 5.91 Å². The quantitative estimate of drug-likeness (QED) is 0.499. The highest BCUT2D eigenvalue weighted by Gasteiger charge is 2.17. The predicted molar refractivity (Wildman–Crippen MR) is 121 cm³/mol. The van der Waals surface area contributed by atoms with E-state index in [1.165, 1.54) is 31.2 Å². The largest absolute Gasteiger partial charge is 0.487 e. The Hall–Kier alpha value is -3.08. The molecule has 4 rings (SSSR count). The smallest absolute Gasteiger partial charge is 0.251 e. The number of rotatable bonds is 6. The van der Waals surface area contributed by atoms with E-state index in [0.717, 1.165) is 35.6 Å². The van der Waals surface area contributed by atoms with E-state index >= 15 is 0 Å². The normalized spacial score (nSPS) is 14.8. The second-order valence-corrected chi connectivity index (χ2v) is 8.36. The van der Waals surface area contributed by atoms with E-state index in [4.69, 9.17) is 9.15 Å². The molecule has 0 spiro atoms. The van der Waals surface area contributed by atoms with Gasteiger partial charge in [0.05, 0.1) is 0 Å². The van der Waals surface area contributed by atoms with Crippen molar-refractivity contribution in [3.63, 3.8) is 0 Å². The van der Waals surface area contributed by atoms with Crippen LogP contribution in [0.3, 0.4) is 0 Å². The van der Waals surface area contributed by atoms with Gasteiger partial charge in [-0.25, -0.2) is 4.98 Å². The average Bonchev–Trinajstić information content (AvgIpc) is 2.97. The maximum atomic E-state index is 12.6. The molecule has 1 aliphatic rings. The van der Waals surface area contributed by atoms with E-state index in [9.17, 15) is 4.79 Å². The Kier molecular flexibility index (Phi) is 6.70. The van der Waals surface area contributed by atoms with Crippen LogP contribution in [0.1, 0.15) is 65.9 Å². The van der Waals surface area contributed by atoms with Crippen molar-refractivity contribution in [1.82, 2.24) is 10.3 Å². The summed E-state index contributed by atoms with van der Waals surface area (Å²) >= 11 is 0. The highest BCUT2D eigenvalue weighted by Crippen LogP contribution is 2.24. The lowest BCUT2D eigenvalue weighted by molar-refractivity contribution is 0.0933. The lowest BCUT2D eigenvalue weighted by Gasteiger charge is -2.16. The van der Waals surface area contributed by atoms with Crippen molar-refractivity contribution in [2.24, 2.45) is 0 Å². The van der Waals surface area contributed by atoms with Crippen molar-refractivity contribution in [2.45, 2.75) is 65.0 Å². The van der Waals surface area contributed by atoms with Gasteiger partial charge in [-0.1, -0.05) is 43.4 Å². The average molecular weight is 419 g/mol. The van der Waals surface area contributed by atoms with Crippen LogP contribution in [0.25, 0.3) is 11.5 Å². The second-order valence-electron chi connectivity index (χ2n) is 8.36. The summed E-state index contributed by atoms with van der Waals surface area (Å²) in [6, 6.07) is 15.7. The monoisotopic (exact) mass is 418 g/mol. The van der Waals surface area contributed by atoms with Crippen LogP contribution in [0, 0.1) is 13.8 Å². The van der Waals surface area contributed by atoms with Crippen LogP contribution in [0.4, 0.5) is 0 Å². The van der Waals surface area contributed by atoms with Crippen LogP contribution in [0.15, 0.2) is 52.9 Å². The van der Waals surface area contributed by atoms with Gasteiger partial charge >= 0.3 is 0 Å². The van der Waals surface area contributed by atoms with Crippen molar-refractivity contribution >= 4 is 5.91 Å². The molecule has 5 heteroatoms. The van der Waals surface area contributed by atoms with E-state index in [1.54, 1.807) is 0 Å². The van der Waals surface area contributed by atoms with E-state index in [0.29, 0.717) is 24.1 Å². The lowest BCUT2D eigenvalue weighted by Crippen LogP contribution is -2.34. The molecule has 0 unspecified atom stereocenters. The Labute approximate surface area is 183 Å². The fourth-order valence-electron chi connectivity index (χ4n) is 3.93. The molecular weight excluding hydrogens is 388 g/mol. The van der Waals surface area contributed by atoms with E-state index < -0.39 is 0 Å². The number of nitrogens with one attached hydrogen (secondary N) is 1. The van der Waals surface area contributed by atoms with Crippen molar-refractivity contribution in [1.29, 1.82) is 0 Å².